The average Bonchev–Trinajstić information content (AvgIpc) is 2.38. The minimum absolute atomic E-state index is 0.0168. The highest BCUT2D eigenvalue weighted by Crippen LogP contribution is 2.32. The van der Waals surface area contributed by atoms with Gasteiger partial charge in [0, 0.05) is 12.0 Å². The Bertz CT molecular complexity index is 544. The molecular formula is C13H10F3NO2. The molecule has 3 nitrogen and oxygen atoms in total. The maximum absolute atomic E-state index is 12.4. The summed E-state index contributed by atoms with van der Waals surface area (Å²) in [6, 6.07) is 4.86. The van der Waals surface area contributed by atoms with Gasteiger partial charge in [0.15, 0.2) is 0 Å². The van der Waals surface area contributed by atoms with E-state index in [0.717, 1.165) is 12.1 Å². The zero-order chi connectivity index (χ0) is 14.0. The topological polar surface area (TPSA) is 43.1 Å². The fourth-order valence-corrected chi connectivity index (χ4v) is 1.91. The zero-order valence-corrected chi connectivity index (χ0v) is 9.72. The molecule has 0 fully saturated rings. The number of nitro groups is 1. The highest BCUT2D eigenvalue weighted by molar-refractivity contribution is 5.33. The van der Waals surface area contributed by atoms with Gasteiger partial charge in [-0.2, -0.15) is 13.2 Å². The monoisotopic (exact) mass is 269 g/mol. The second kappa shape index (κ2) is 4.87. The first kappa shape index (κ1) is 13.3. The third-order valence-corrected chi connectivity index (χ3v) is 2.96. The van der Waals surface area contributed by atoms with Crippen molar-refractivity contribution in [3.63, 3.8) is 0 Å². The van der Waals surface area contributed by atoms with Crippen LogP contribution in [0.5, 0.6) is 0 Å². The molecule has 19 heavy (non-hydrogen) atoms. The van der Waals surface area contributed by atoms with Crippen molar-refractivity contribution in [2.45, 2.75) is 18.5 Å². The van der Waals surface area contributed by atoms with Crippen molar-refractivity contribution in [3.05, 3.63) is 69.4 Å². The van der Waals surface area contributed by atoms with Crippen LogP contribution in [0.3, 0.4) is 0 Å². The Morgan fingerprint density at radius 2 is 1.84 bits per heavy atom. The molecular weight excluding hydrogens is 259 g/mol. The molecule has 0 N–H and O–H groups in total. The molecule has 0 spiro atoms. The number of nitrogens with zero attached hydrogens (tertiary/aromatic N) is 1. The molecule has 0 heterocycles. The third kappa shape index (κ3) is 3.01. The van der Waals surface area contributed by atoms with Crippen molar-refractivity contribution in [3.8, 4) is 0 Å². The van der Waals surface area contributed by atoms with Crippen LogP contribution in [0.4, 0.5) is 13.2 Å². The molecule has 0 bridgehead atoms. The molecule has 1 aliphatic carbocycles. The molecule has 1 atom stereocenters. The van der Waals surface area contributed by atoms with Gasteiger partial charge in [-0.3, -0.25) is 10.1 Å². The summed E-state index contributed by atoms with van der Waals surface area (Å²) in [4.78, 5) is 10.0. The lowest BCUT2D eigenvalue weighted by molar-refractivity contribution is -0.419. The van der Waals surface area contributed by atoms with E-state index in [4.69, 9.17) is 0 Å². The summed E-state index contributed by atoms with van der Waals surface area (Å²) in [5.74, 6) is -0.119. The van der Waals surface area contributed by atoms with Crippen LogP contribution < -0.4 is 0 Å². The molecule has 0 aromatic heterocycles. The third-order valence-electron chi connectivity index (χ3n) is 2.96. The lowest BCUT2D eigenvalue weighted by Crippen LogP contribution is -2.06. The summed E-state index contributed by atoms with van der Waals surface area (Å²) < 4.78 is 37.2. The van der Waals surface area contributed by atoms with Crippen LogP contribution in [0.1, 0.15) is 23.5 Å². The van der Waals surface area contributed by atoms with Crippen molar-refractivity contribution in [2.75, 3.05) is 0 Å². The molecule has 1 aromatic carbocycles. The summed E-state index contributed by atoms with van der Waals surface area (Å²) in [5.41, 5.74) is 0.0311. The summed E-state index contributed by atoms with van der Waals surface area (Å²) in [6.07, 6.45) is 0.562. The van der Waals surface area contributed by atoms with Crippen molar-refractivity contribution in [1.29, 1.82) is 0 Å². The molecule has 0 radical (unpaired) electrons. The van der Waals surface area contributed by atoms with Gasteiger partial charge in [0.1, 0.15) is 0 Å². The maximum Gasteiger partial charge on any atom is 0.416 e. The number of hydrogen-bond donors (Lipinski definition) is 0. The number of hydrogen-bond acceptors (Lipinski definition) is 2. The van der Waals surface area contributed by atoms with E-state index in [2.05, 4.69) is 0 Å². The lowest BCUT2D eigenvalue weighted by Gasteiger charge is -2.14. The van der Waals surface area contributed by atoms with E-state index < -0.39 is 16.7 Å². The summed E-state index contributed by atoms with van der Waals surface area (Å²) in [7, 11) is 0. The van der Waals surface area contributed by atoms with Gasteiger partial charge in [0.2, 0.25) is 0 Å². The first-order valence-electron chi connectivity index (χ1n) is 5.58. The van der Waals surface area contributed by atoms with Crippen molar-refractivity contribution >= 4 is 0 Å². The van der Waals surface area contributed by atoms with E-state index in [9.17, 15) is 23.3 Å². The lowest BCUT2D eigenvalue weighted by atomic mass is 9.91. The Kier molecular flexibility index (Phi) is 3.42. The first-order valence-corrected chi connectivity index (χ1v) is 5.58. The largest absolute Gasteiger partial charge is 0.416 e. The van der Waals surface area contributed by atoms with Crippen LogP contribution >= 0.6 is 0 Å². The number of halogens is 3. The smallest absolute Gasteiger partial charge is 0.258 e. The molecule has 0 saturated heterocycles. The van der Waals surface area contributed by atoms with Crippen molar-refractivity contribution < 1.29 is 18.1 Å². The Morgan fingerprint density at radius 3 is 2.26 bits per heavy atom. The Labute approximate surface area is 107 Å². The second-order valence-corrected chi connectivity index (χ2v) is 4.21. The van der Waals surface area contributed by atoms with Gasteiger partial charge in [0.25, 0.3) is 5.70 Å². The van der Waals surface area contributed by atoms with Crippen molar-refractivity contribution in [2.24, 2.45) is 0 Å². The van der Waals surface area contributed by atoms with Crippen LogP contribution in [0.15, 0.2) is 48.2 Å². The van der Waals surface area contributed by atoms with Crippen LogP contribution in [-0.2, 0) is 6.18 Å². The molecule has 6 heteroatoms. The number of alkyl halides is 3. The SMILES string of the molecule is O=[N+]([O-])C1=CCC(c2ccc(C(F)(F)F)cc2)C=C1. The van der Waals surface area contributed by atoms with E-state index in [-0.39, 0.29) is 11.6 Å². The predicted molar refractivity (Wildman–Crippen MR) is 63.0 cm³/mol. The Morgan fingerprint density at radius 1 is 1.21 bits per heavy atom. The fraction of sp³-hybridized carbons (Fsp3) is 0.231. The van der Waals surface area contributed by atoms with Crippen molar-refractivity contribution in [1.82, 2.24) is 0 Å². The molecule has 2 rings (SSSR count). The van der Waals surface area contributed by atoms with Gasteiger partial charge in [-0.05, 0) is 30.2 Å². The quantitative estimate of drug-likeness (QED) is 0.603. The van der Waals surface area contributed by atoms with Crippen LogP contribution in [0.25, 0.3) is 0 Å². The van der Waals surface area contributed by atoms with Gasteiger partial charge in [-0.25, -0.2) is 0 Å². The number of allylic oxidation sites excluding steroid dienone is 3. The summed E-state index contributed by atoms with van der Waals surface area (Å²) >= 11 is 0. The Hall–Kier alpha value is -2.11. The minimum atomic E-state index is -4.35. The molecule has 1 aromatic rings. The number of benzene rings is 1. The van der Waals surface area contributed by atoms with Crippen LogP contribution in [-0.4, -0.2) is 4.92 Å². The molecule has 1 unspecified atom stereocenters. The second-order valence-electron chi connectivity index (χ2n) is 4.21. The summed E-state index contributed by atoms with van der Waals surface area (Å²) in [5, 5.41) is 10.5. The molecule has 0 aliphatic heterocycles. The fourth-order valence-electron chi connectivity index (χ4n) is 1.91. The van der Waals surface area contributed by atoms with Gasteiger partial charge >= 0.3 is 6.18 Å². The first-order chi connectivity index (χ1) is 8.88. The van der Waals surface area contributed by atoms with Crippen LogP contribution in [0.2, 0.25) is 0 Å². The maximum atomic E-state index is 12.4. The number of rotatable bonds is 2. The molecule has 0 amide bonds. The Balaban J connectivity index is 2.14. The van der Waals surface area contributed by atoms with E-state index in [1.165, 1.54) is 24.3 Å². The van der Waals surface area contributed by atoms with Gasteiger partial charge in [-0.1, -0.05) is 18.2 Å². The highest BCUT2D eigenvalue weighted by atomic mass is 19.4. The molecule has 100 valence electrons. The minimum Gasteiger partial charge on any atom is -0.258 e. The van der Waals surface area contributed by atoms with Gasteiger partial charge in [-0.15, -0.1) is 0 Å². The van der Waals surface area contributed by atoms with E-state index in [1.54, 1.807) is 6.08 Å². The molecule has 1 aliphatic rings. The average molecular weight is 269 g/mol. The highest BCUT2D eigenvalue weighted by Gasteiger charge is 2.30. The predicted octanol–water partition coefficient (Wildman–Crippen LogP) is 3.91. The van der Waals surface area contributed by atoms with E-state index >= 15 is 0 Å². The van der Waals surface area contributed by atoms with E-state index in [0.29, 0.717) is 12.0 Å². The molecule has 0 saturated carbocycles. The van der Waals surface area contributed by atoms with E-state index in [1.807, 2.05) is 0 Å². The normalized spacial score (nSPS) is 19.1. The van der Waals surface area contributed by atoms with Gasteiger partial charge < -0.3 is 0 Å². The summed E-state index contributed by atoms with van der Waals surface area (Å²) in [6.45, 7) is 0. The standard InChI is InChI=1S/C13H10F3NO2/c14-13(15,16)11-5-1-9(2-6-11)10-3-7-12(8-4-10)17(18)19/h1-3,5-8,10H,4H2. The van der Waals surface area contributed by atoms with Crippen LogP contribution in [0, 0.1) is 10.1 Å². The zero-order valence-electron chi connectivity index (χ0n) is 9.72. The van der Waals surface area contributed by atoms with Gasteiger partial charge in [0.05, 0.1) is 10.5 Å².